The lowest BCUT2D eigenvalue weighted by Gasteiger charge is -1.99. The van der Waals surface area contributed by atoms with Crippen LogP contribution in [0.25, 0.3) is 12.2 Å². The summed E-state index contributed by atoms with van der Waals surface area (Å²) in [5, 5.41) is 10.3. The number of hydrogen-bond donors (Lipinski definition) is 0. The largest absolute Gasteiger partial charge is 0.463 e. The number of benzene rings is 1. The van der Waals surface area contributed by atoms with Gasteiger partial charge in [-0.3, -0.25) is 10.1 Å². The number of ether oxygens (including phenoxy) is 1. The first-order chi connectivity index (χ1) is 8.63. The average Bonchev–Trinajstić information content (AvgIpc) is 2.35. The predicted octanol–water partition coefficient (Wildman–Crippen LogP) is 2.51. The molecule has 0 fully saturated rings. The summed E-state index contributed by atoms with van der Waals surface area (Å²) in [7, 11) is 0. The summed E-state index contributed by atoms with van der Waals surface area (Å²) in [6.45, 7) is 2.03. The summed E-state index contributed by atoms with van der Waals surface area (Å²) >= 11 is 0. The lowest BCUT2D eigenvalue weighted by Crippen LogP contribution is -1.98. The molecule has 0 N–H and O–H groups in total. The third-order valence-corrected chi connectivity index (χ3v) is 2.06. The second kappa shape index (κ2) is 7.01. The zero-order chi connectivity index (χ0) is 13.4. The van der Waals surface area contributed by atoms with E-state index >= 15 is 0 Å². The van der Waals surface area contributed by atoms with E-state index in [-0.39, 0.29) is 0 Å². The minimum atomic E-state index is -0.536. The van der Waals surface area contributed by atoms with E-state index in [0.717, 1.165) is 6.20 Å². The van der Waals surface area contributed by atoms with Crippen LogP contribution in [0, 0.1) is 10.1 Å². The Bertz CT molecular complexity index is 492. The molecule has 1 aromatic carbocycles. The van der Waals surface area contributed by atoms with Gasteiger partial charge in [0.25, 0.3) is 0 Å². The third kappa shape index (κ3) is 4.61. The number of esters is 1. The molecule has 1 rings (SSSR count). The minimum absolute atomic E-state index is 0.312. The zero-order valence-electron chi connectivity index (χ0n) is 9.91. The Morgan fingerprint density at radius 2 is 1.94 bits per heavy atom. The lowest BCUT2D eigenvalue weighted by atomic mass is 10.1. The maximum Gasteiger partial charge on any atom is 0.330 e. The summed E-state index contributed by atoms with van der Waals surface area (Å²) in [5.41, 5.74) is 1.37. The van der Waals surface area contributed by atoms with Gasteiger partial charge in [0.2, 0.25) is 6.20 Å². The fourth-order valence-electron chi connectivity index (χ4n) is 1.30. The third-order valence-electron chi connectivity index (χ3n) is 2.06. The second-order valence-electron chi connectivity index (χ2n) is 3.32. The average molecular weight is 247 g/mol. The number of nitrogens with zero attached hydrogens (tertiary/aromatic N) is 1. The molecule has 94 valence electrons. The molecular weight excluding hydrogens is 234 g/mol. The summed E-state index contributed by atoms with van der Waals surface area (Å²) in [6.07, 6.45) is 5.10. The van der Waals surface area contributed by atoms with Crippen LogP contribution < -0.4 is 0 Å². The van der Waals surface area contributed by atoms with Crippen molar-refractivity contribution < 1.29 is 14.5 Å². The first kappa shape index (κ1) is 13.6. The number of nitro groups is 1. The van der Waals surface area contributed by atoms with Gasteiger partial charge in [0.1, 0.15) is 0 Å². The van der Waals surface area contributed by atoms with Crippen LogP contribution >= 0.6 is 0 Å². The summed E-state index contributed by atoms with van der Waals surface area (Å²) in [6, 6.07) is 7.04. The molecule has 0 bridgehead atoms. The standard InChI is InChI=1S/C13H13NO4/c1-2-18-13(15)8-7-11-5-3-4-6-12(11)9-10-14(16)17/h3-10H,2H2,1H3/b8-7+,10-9+. The summed E-state index contributed by atoms with van der Waals surface area (Å²) < 4.78 is 4.75. The maximum absolute atomic E-state index is 11.2. The Morgan fingerprint density at radius 1 is 1.33 bits per heavy atom. The van der Waals surface area contributed by atoms with E-state index in [0.29, 0.717) is 17.7 Å². The summed E-state index contributed by atoms with van der Waals surface area (Å²) in [5.74, 6) is -0.439. The number of rotatable bonds is 5. The molecule has 0 atom stereocenters. The molecule has 0 aliphatic carbocycles. The van der Waals surface area contributed by atoms with Crippen molar-refractivity contribution in [2.45, 2.75) is 6.92 Å². The van der Waals surface area contributed by atoms with Gasteiger partial charge >= 0.3 is 5.97 Å². The molecule has 0 aromatic heterocycles. The Kier molecular flexibility index (Phi) is 5.31. The normalized spacial score (nSPS) is 10.9. The first-order valence-electron chi connectivity index (χ1n) is 5.39. The Balaban J connectivity index is 2.88. The lowest BCUT2D eigenvalue weighted by molar-refractivity contribution is -0.400. The highest BCUT2D eigenvalue weighted by atomic mass is 16.6. The molecule has 0 spiro atoms. The van der Waals surface area contributed by atoms with Crippen LogP contribution in [0.3, 0.4) is 0 Å². The molecule has 5 nitrogen and oxygen atoms in total. The van der Waals surface area contributed by atoms with Crippen LogP contribution in [0.4, 0.5) is 0 Å². The van der Waals surface area contributed by atoms with Gasteiger partial charge in [-0.15, -0.1) is 0 Å². The van der Waals surface area contributed by atoms with Crippen molar-refractivity contribution in [2.24, 2.45) is 0 Å². The number of carbonyl (C=O) groups is 1. The van der Waals surface area contributed by atoms with Gasteiger partial charge in [-0.25, -0.2) is 4.79 Å². The first-order valence-corrected chi connectivity index (χ1v) is 5.39. The molecule has 0 saturated heterocycles. The van der Waals surface area contributed by atoms with E-state index in [1.807, 2.05) is 0 Å². The fraction of sp³-hybridized carbons (Fsp3) is 0.154. The SMILES string of the molecule is CCOC(=O)/C=C/c1ccccc1/C=C/[N+](=O)[O-]. The van der Waals surface area contributed by atoms with Gasteiger partial charge in [0.15, 0.2) is 0 Å². The van der Waals surface area contributed by atoms with E-state index in [1.165, 1.54) is 12.2 Å². The fourth-order valence-corrected chi connectivity index (χ4v) is 1.30. The molecule has 0 aliphatic rings. The molecular formula is C13H13NO4. The molecule has 0 radical (unpaired) electrons. The minimum Gasteiger partial charge on any atom is -0.463 e. The van der Waals surface area contributed by atoms with Gasteiger partial charge in [0, 0.05) is 12.2 Å². The topological polar surface area (TPSA) is 69.4 Å². The van der Waals surface area contributed by atoms with Crippen molar-refractivity contribution >= 4 is 18.1 Å². The molecule has 0 amide bonds. The van der Waals surface area contributed by atoms with Crippen molar-refractivity contribution in [2.75, 3.05) is 6.61 Å². The van der Waals surface area contributed by atoms with E-state index in [1.54, 1.807) is 37.3 Å². The Hall–Kier alpha value is -2.43. The second-order valence-corrected chi connectivity index (χ2v) is 3.32. The van der Waals surface area contributed by atoms with Crippen molar-refractivity contribution in [3.8, 4) is 0 Å². The molecule has 0 unspecified atom stereocenters. The van der Waals surface area contributed by atoms with Gasteiger partial charge in [-0.1, -0.05) is 24.3 Å². The quantitative estimate of drug-likeness (QED) is 0.347. The monoisotopic (exact) mass is 247 g/mol. The number of carbonyl (C=O) groups excluding carboxylic acids is 1. The Morgan fingerprint density at radius 3 is 2.50 bits per heavy atom. The smallest absolute Gasteiger partial charge is 0.330 e. The van der Waals surface area contributed by atoms with E-state index in [2.05, 4.69) is 0 Å². The highest BCUT2D eigenvalue weighted by Gasteiger charge is 1.98. The maximum atomic E-state index is 11.2. The van der Waals surface area contributed by atoms with Crippen LogP contribution in [-0.2, 0) is 9.53 Å². The predicted molar refractivity (Wildman–Crippen MR) is 68.1 cm³/mol. The van der Waals surface area contributed by atoms with Crippen molar-refractivity contribution in [3.63, 3.8) is 0 Å². The van der Waals surface area contributed by atoms with Gasteiger partial charge in [-0.2, -0.15) is 0 Å². The van der Waals surface area contributed by atoms with Gasteiger partial charge < -0.3 is 4.74 Å². The molecule has 0 heterocycles. The molecule has 1 aromatic rings. The highest BCUT2D eigenvalue weighted by Crippen LogP contribution is 2.12. The summed E-state index contributed by atoms with van der Waals surface area (Å²) in [4.78, 5) is 20.9. The van der Waals surface area contributed by atoms with Crippen LogP contribution in [-0.4, -0.2) is 17.5 Å². The van der Waals surface area contributed by atoms with Crippen molar-refractivity contribution in [1.29, 1.82) is 0 Å². The molecule has 18 heavy (non-hydrogen) atoms. The van der Waals surface area contributed by atoms with Gasteiger partial charge in [-0.05, 0) is 24.1 Å². The van der Waals surface area contributed by atoms with Crippen LogP contribution in [0.2, 0.25) is 0 Å². The Labute approximate surface area is 105 Å². The van der Waals surface area contributed by atoms with E-state index in [4.69, 9.17) is 4.74 Å². The number of hydrogen-bond acceptors (Lipinski definition) is 4. The van der Waals surface area contributed by atoms with Crippen LogP contribution in [0.1, 0.15) is 18.1 Å². The van der Waals surface area contributed by atoms with Crippen LogP contribution in [0.5, 0.6) is 0 Å². The van der Waals surface area contributed by atoms with E-state index < -0.39 is 10.9 Å². The van der Waals surface area contributed by atoms with Crippen molar-refractivity contribution in [1.82, 2.24) is 0 Å². The molecule has 0 saturated carbocycles. The van der Waals surface area contributed by atoms with Crippen LogP contribution in [0.15, 0.2) is 36.5 Å². The van der Waals surface area contributed by atoms with Gasteiger partial charge in [0.05, 0.1) is 11.5 Å². The highest BCUT2D eigenvalue weighted by molar-refractivity contribution is 5.87. The molecule has 0 aliphatic heterocycles. The molecule has 5 heteroatoms. The zero-order valence-corrected chi connectivity index (χ0v) is 9.91. The van der Waals surface area contributed by atoms with Crippen molar-refractivity contribution in [3.05, 3.63) is 57.8 Å². The van der Waals surface area contributed by atoms with E-state index in [9.17, 15) is 14.9 Å².